The first-order valence-electron chi connectivity index (χ1n) is 6.13. The fraction of sp³-hybridized carbons (Fsp3) is 0.200. The summed E-state index contributed by atoms with van der Waals surface area (Å²) in [6.45, 7) is 2.33. The van der Waals surface area contributed by atoms with Gasteiger partial charge in [0.2, 0.25) is 0 Å². The third kappa shape index (κ3) is 3.55. The summed E-state index contributed by atoms with van der Waals surface area (Å²) in [5, 5.41) is 12.3. The number of nitrogens with zero attached hydrogens (tertiary/aromatic N) is 1. The van der Waals surface area contributed by atoms with Crippen LogP contribution in [0, 0.1) is 6.92 Å². The van der Waals surface area contributed by atoms with Gasteiger partial charge in [0.25, 0.3) is 5.91 Å². The smallest absolute Gasteiger partial charge is 0.251 e. The van der Waals surface area contributed by atoms with Crippen LogP contribution in [-0.2, 0) is 6.42 Å². The van der Waals surface area contributed by atoms with Gasteiger partial charge in [0.05, 0.1) is 0 Å². The summed E-state index contributed by atoms with van der Waals surface area (Å²) in [6, 6.07) is 8.67. The predicted molar refractivity (Wildman–Crippen MR) is 73.1 cm³/mol. The lowest BCUT2D eigenvalue weighted by atomic mass is 10.1. The minimum Gasteiger partial charge on any atom is -0.508 e. The Morgan fingerprint density at radius 2 is 2.21 bits per heavy atom. The number of aromatic nitrogens is 1. The number of phenols is 1. The zero-order chi connectivity index (χ0) is 13.7. The standard InChI is InChI=1S/C15H16N2O2/c1-11-9-13(4-5-14(11)18)15(19)17-8-6-12-3-2-7-16-10-12/h2-5,7,9-10,18H,6,8H2,1H3,(H,17,19). The summed E-state index contributed by atoms with van der Waals surface area (Å²) in [4.78, 5) is 15.9. The van der Waals surface area contributed by atoms with E-state index >= 15 is 0 Å². The van der Waals surface area contributed by atoms with Crippen molar-refractivity contribution in [1.82, 2.24) is 10.3 Å². The largest absolute Gasteiger partial charge is 0.508 e. The normalized spacial score (nSPS) is 10.2. The van der Waals surface area contributed by atoms with Gasteiger partial charge in [0.15, 0.2) is 0 Å². The molecule has 1 aromatic carbocycles. The molecule has 1 heterocycles. The number of hydrogen-bond donors (Lipinski definition) is 2. The number of nitrogens with one attached hydrogen (secondary N) is 1. The number of phenolic OH excluding ortho intramolecular Hbond substituents is 1. The van der Waals surface area contributed by atoms with Crippen molar-refractivity contribution in [2.24, 2.45) is 0 Å². The van der Waals surface area contributed by atoms with E-state index < -0.39 is 0 Å². The van der Waals surface area contributed by atoms with Crippen LogP contribution in [0.15, 0.2) is 42.7 Å². The first-order chi connectivity index (χ1) is 9.16. The number of hydrogen-bond acceptors (Lipinski definition) is 3. The van der Waals surface area contributed by atoms with E-state index in [1.54, 1.807) is 31.5 Å². The number of aromatic hydroxyl groups is 1. The lowest BCUT2D eigenvalue weighted by Gasteiger charge is -2.06. The summed E-state index contributed by atoms with van der Waals surface area (Å²) in [7, 11) is 0. The molecule has 4 nitrogen and oxygen atoms in total. The molecule has 0 aliphatic carbocycles. The first-order valence-corrected chi connectivity index (χ1v) is 6.13. The van der Waals surface area contributed by atoms with E-state index in [1.807, 2.05) is 12.1 Å². The van der Waals surface area contributed by atoms with Crippen LogP contribution in [-0.4, -0.2) is 22.5 Å². The average molecular weight is 256 g/mol. The summed E-state index contributed by atoms with van der Waals surface area (Å²) in [5.41, 5.74) is 2.34. The van der Waals surface area contributed by atoms with Crippen LogP contribution < -0.4 is 5.32 Å². The molecule has 0 spiro atoms. The second-order valence-corrected chi connectivity index (χ2v) is 4.37. The van der Waals surface area contributed by atoms with E-state index in [1.165, 1.54) is 6.07 Å². The fourth-order valence-electron chi connectivity index (χ4n) is 1.77. The summed E-state index contributed by atoms with van der Waals surface area (Å²) in [5.74, 6) is 0.0684. The number of amides is 1. The summed E-state index contributed by atoms with van der Waals surface area (Å²) >= 11 is 0. The summed E-state index contributed by atoms with van der Waals surface area (Å²) in [6.07, 6.45) is 4.26. The van der Waals surface area contributed by atoms with Crippen molar-refractivity contribution in [2.75, 3.05) is 6.54 Å². The molecule has 2 aromatic rings. The second kappa shape index (κ2) is 6.00. The van der Waals surface area contributed by atoms with E-state index in [4.69, 9.17) is 0 Å². The van der Waals surface area contributed by atoms with Crippen molar-refractivity contribution in [2.45, 2.75) is 13.3 Å². The Morgan fingerprint density at radius 3 is 2.89 bits per heavy atom. The Kier molecular flexibility index (Phi) is 4.13. The molecule has 0 bridgehead atoms. The lowest BCUT2D eigenvalue weighted by Crippen LogP contribution is -2.25. The van der Waals surface area contributed by atoms with Gasteiger partial charge in [-0.1, -0.05) is 6.07 Å². The average Bonchev–Trinajstić information content (AvgIpc) is 2.43. The van der Waals surface area contributed by atoms with Crippen molar-refractivity contribution in [3.63, 3.8) is 0 Å². The van der Waals surface area contributed by atoms with Crippen LogP contribution in [0.2, 0.25) is 0 Å². The molecule has 2 rings (SSSR count). The van der Waals surface area contributed by atoms with Crippen molar-refractivity contribution in [3.8, 4) is 5.75 Å². The molecule has 2 N–H and O–H groups in total. The van der Waals surface area contributed by atoms with Gasteiger partial charge in [0, 0.05) is 24.5 Å². The maximum Gasteiger partial charge on any atom is 0.251 e. The van der Waals surface area contributed by atoms with Crippen LogP contribution in [0.4, 0.5) is 0 Å². The fourth-order valence-corrected chi connectivity index (χ4v) is 1.77. The Labute approximate surface area is 112 Å². The van der Waals surface area contributed by atoms with Gasteiger partial charge in [-0.25, -0.2) is 0 Å². The van der Waals surface area contributed by atoms with Gasteiger partial charge in [-0.15, -0.1) is 0 Å². The van der Waals surface area contributed by atoms with Crippen molar-refractivity contribution in [3.05, 3.63) is 59.4 Å². The van der Waals surface area contributed by atoms with Gasteiger partial charge < -0.3 is 10.4 Å². The molecule has 0 unspecified atom stereocenters. The van der Waals surface area contributed by atoms with Gasteiger partial charge >= 0.3 is 0 Å². The molecule has 0 fully saturated rings. The van der Waals surface area contributed by atoms with Gasteiger partial charge in [-0.2, -0.15) is 0 Å². The third-order valence-corrected chi connectivity index (χ3v) is 2.88. The molecule has 0 atom stereocenters. The van der Waals surface area contributed by atoms with Crippen LogP contribution in [0.1, 0.15) is 21.5 Å². The number of pyridine rings is 1. The third-order valence-electron chi connectivity index (χ3n) is 2.88. The maximum atomic E-state index is 11.9. The Hall–Kier alpha value is -2.36. The van der Waals surface area contributed by atoms with E-state index in [9.17, 15) is 9.90 Å². The highest BCUT2D eigenvalue weighted by atomic mass is 16.3. The Morgan fingerprint density at radius 1 is 1.37 bits per heavy atom. The van der Waals surface area contributed by atoms with Gasteiger partial charge in [-0.05, 0) is 48.7 Å². The predicted octanol–water partition coefficient (Wildman–Crippen LogP) is 2.07. The zero-order valence-corrected chi connectivity index (χ0v) is 10.8. The molecule has 0 aliphatic heterocycles. The number of carbonyl (C=O) groups is 1. The van der Waals surface area contributed by atoms with E-state index in [-0.39, 0.29) is 11.7 Å². The van der Waals surface area contributed by atoms with Crippen LogP contribution >= 0.6 is 0 Å². The number of carbonyl (C=O) groups excluding carboxylic acids is 1. The highest BCUT2D eigenvalue weighted by Crippen LogP contribution is 2.16. The molecule has 98 valence electrons. The van der Waals surface area contributed by atoms with E-state index in [0.717, 1.165) is 12.0 Å². The van der Waals surface area contributed by atoms with Crippen LogP contribution in [0.3, 0.4) is 0 Å². The first kappa shape index (κ1) is 13.1. The minimum atomic E-state index is -0.132. The topological polar surface area (TPSA) is 62.2 Å². The van der Waals surface area contributed by atoms with Crippen molar-refractivity contribution >= 4 is 5.91 Å². The Bertz CT molecular complexity index is 568. The molecule has 0 aliphatic rings. The molecular formula is C15H16N2O2. The summed E-state index contributed by atoms with van der Waals surface area (Å²) < 4.78 is 0. The second-order valence-electron chi connectivity index (χ2n) is 4.37. The monoisotopic (exact) mass is 256 g/mol. The SMILES string of the molecule is Cc1cc(C(=O)NCCc2cccnc2)ccc1O. The molecule has 4 heteroatoms. The van der Waals surface area contributed by atoms with Crippen molar-refractivity contribution in [1.29, 1.82) is 0 Å². The Balaban J connectivity index is 1.89. The molecule has 1 aromatic heterocycles. The maximum absolute atomic E-state index is 11.9. The molecule has 0 saturated heterocycles. The quantitative estimate of drug-likeness (QED) is 0.880. The van der Waals surface area contributed by atoms with Crippen molar-refractivity contribution < 1.29 is 9.90 Å². The molecule has 19 heavy (non-hydrogen) atoms. The van der Waals surface area contributed by atoms with Gasteiger partial charge in [0.1, 0.15) is 5.75 Å². The number of rotatable bonds is 4. The molecule has 0 saturated carbocycles. The van der Waals surface area contributed by atoms with Crippen LogP contribution in [0.25, 0.3) is 0 Å². The highest BCUT2D eigenvalue weighted by Gasteiger charge is 2.06. The highest BCUT2D eigenvalue weighted by molar-refractivity contribution is 5.94. The van der Waals surface area contributed by atoms with E-state index in [2.05, 4.69) is 10.3 Å². The van der Waals surface area contributed by atoms with E-state index in [0.29, 0.717) is 17.7 Å². The minimum absolute atomic E-state index is 0.132. The molecule has 1 amide bonds. The zero-order valence-electron chi connectivity index (χ0n) is 10.8. The number of benzene rings is 1. The molecular weight excluding hydrogens is 240 g/mol. The van der Waals surface area contributed by atoms with Gasteiger partial charge in [-0.3, -0.25) is 9.78 Å². The molecule has 0 radical (unpaired) electrons. The van der Waals surface area contributed by atoms with Crippen LogP contribution in [0.5, 0.6) is 5.75 Å². The lowest BCUT2D eigenvalue weighted by molar-refractivity contribution is 0.0954. The number of aryl methyl sites for hydroxylation is 1.